The standard InChI is InChI=1S/C22H32F3NO4.ClH/c1-2-3-4-5-6-7-13-29-17-8-9-18(19(15-17)22(23,24)25)20-16-26(12-14-30-20)11-10-21(27)28;/h8-9,15,20H,2-7,10-14,16H2,1H3,(H,27,28);1H. The van der Waals surface area contributed by atoms with E-state index < -0.39 is 23.8 Å². The van der Waals surface area contributed by atoms with Crippen LogP contribution in [0.3, 0.4) is 0 Å². The maximum absolute atomic E-state index is 13.7. The summed E-state index contributed by atoms with van der Waals surface area (Å²) in [7, 11) is 0. The van der Waals surface area contributed by atoms with Crippen molar-refractivity contribution in [1.29, 1.82) is 0 Å². The molecule has 9 heteroatoms. The number of unbranched alkanes of at least 4 members (excludes halogenated alkanes) is 5. The molecule has 1 N–H and O–H groups in total. The summed E-state index contributed by atoms with van der Waals surface area (Å²) in [6.45, 7) is 3.83. The Morgan fingerprint density at radius 2 is 1.94 bits per heavy atom. The Labute approximate surface area is 188 Å². The van der Waals surface area contributed by atoms with Crippen molar-refractivity contribution in [2.45, 2.75) is 64.1 Å². The third kappa shape index (κ3) is 9.66. The molecule has 0 spiro atoms. The Balaban J connectivity index is 0.00000480. The molecular weight excluding hydrogens is 435 g/mol. The van der Waals surface area contributed by atoms with Crippen molar-refractivity contribution in [3.05, 3.63) is 29.3 Å². The molecule has 5 nitrogen and oxygen atoms in total. The predicted molar refractivity (Wildman–Crippen MR) is 115 cm³/mol. The molecule has 1 saturated heterocycles. The van der Waals surface area contributed by atoms with E-state index in [4.69, 9.17) is 14.6 Å². The van der Waals surface area contributed by atoms with E-state index in [0.29, 0.717) is 13.2 Å². The summed E-state index contributed by atoms with van der Waals surface area (Å²) in [5, 5.41) is 8.83. The summed E-state index contributed by atoms with van der Waals surface area (Å²) in [6.07, 6.45) is 1.15. The lowest BCUT2D eigenvalue weighted by molar-refractivity contribution is -0.140. The maximum Gasteiger partial charge on any atom is 0.416 e. The van der Waals surface area contributed by atoms with E-state index in [1.54, 1.807) is 6.07 Å². The highest BCUT2D eigenvalue weighted by Gasteiger charge is 2.37. The van der Waals surface area contributed by atoms with Gasteiger partial charge in [-0.15, -0.1) is 12.4 Å². The Morgan fingerprint density at radius 1 is 1.23 bits per heavy atom. The van der Waals surface area contributed by atoms with E-state index in [1.165, 1.54) is 25.3 Å². The van der Waals surface area contributed by atoms with Crippen molar-refractivity contribution in [3.8, 4) is 5.75 Å². The maximum atomic E-state index is 13.7. The number of aliphatic carboxylic acids is 1. The summed E-state index contributed by atoms with van der Waals surface area (Å²) in [5.74, 6) is -0.723. The van der Waals surface area contributed by atoms with Crippen molar-refractivity contribution >= 4 is 18.4 Å². The SMILES string of the molecule is CCCCCCCCOc1ccc(C2CN(CCC(=O)O)CCO2)c(C(F)(F)F)c1.Cl. The number of benzene rings is 1. The van der Waals surface area contributed by atoms with Crippen LogP contribution in [0.1, 0.15) is 69.1 Å². The number of rotatable bonds is 12. The molecule has 1 aromatic carbocycles. The zero-order valence-corrected chi connectivity index (χ0v) is 18.8. The lowest BCUT2D eigenvalue weighted by Gasteiger charge is -2.34. The third-order valence-corrected chi connectivity index (χ3v) is 5.24. The number of carboxylic acid groups (broad SMARTS) is 1. The minimum absolute atomic E-state index is 0. The van der Waals surface area contributed by atoms with Crippen LogP contribution in [0.25, 0.3) is 0 Å². The number of nitrogens with zero attached hydrogens (tertiary/aromatic N) is 1. The molecule has 2 rings (SSSR count). The van der Waals surface area contributed by atoms with Gasteiger partial charge in [-0.05, 0) is 24.1 Å². The normalized spacial score (nSPS) is 17.2. The van der Waals surface area contributed by atoms with Crippen LogP contribution >= 0.6 is 12.4 Å². The second kappa shape index (κ2) is 13.8. The molecule has 1 aromatic rings. The van der Waals surface area contributed by atoms with Gasteiger partial charge in [-0.3, -0.25) is 9.69 Å². The Bertz CT molecular complexity index is 673. The number of alkyl halides is 3. The van der Waals surface area contributed by atoms with Gasteiger partial charge in [0.05, 0.1) is 31.3 Å². The minimum Gasteiger partial charge on any atom is -0.494 e. The number of ether oxygens (including phenoxy) is 2. The smallest absolute Gasteiger partial charge is 0.416 e. The van der Waals surface area contributed by atoms with Gasteiger partial charge in [0.2, 0.25) is 0 Å². The van der Waals surface area contributed by atoms with Crippen LogP contribution in [0.2, 0.25) is 0 Å². The minimum atomic E-state index is -4.53. The van der Waals surface area contributed by atoms with Gasteiger partial charge in [0.1, 0.15) is 5.75 Å². The number of carbonyl (C=O) groups is 1. The van der Waals surface area contributed by atoms with Gasteiger partial charge in [0, 0.05) is 19.6 Å². The molecule has 1 aliphatic heterocycles. The second-order valence-corrected chi connectivity index (χ2v) is 7.67. The van der Waals surface area contributed by atoms with E-state index in [0.717, 1.165) is 25.3 Å². The molecule has 0 amide bonds. The molecular formula is C22H33ClF3NO4. The quantitative estimate of drug-likeness (QED) is 0.399. The molecule has 1 heterocycles. The molecule has 0 bridgehead atoms. The fourth-order valence-corrected chi connectivity index (χ4v) is 3.57. The Kier molecular flexibility index (Phi) is 12.3. The van der Waals surface area contributed by atoms with Crippen LogP contribution in [0.5, 0.6) is 5.75 Å². The molecule has 0 radical (unpaired) electrons. The Hall–Kier alpha value is -1.51. The first-order valence-electron chi connectivity index (χ1n) is 10.7. The van der Waals surface area contributed by atoms with Crippen LogP contribution in [-0.2, 0) is 15.7 Å². The second-order valence-electron chi connectivity index (χ2n) is 7.67. The molecule has 0 saturated carbocycles. The molecule has 178 valence electrons. The molecule has 1 aliphatic rings. The summed E-state index contributed by atoms with van der Waals surface area (Å²) >= 11 is 0. The lowest BCUT2D eigenvalue weighted by Crippen LogP contribution is -2.40. The monoisotopic (exact) mass is 467 g/mol. The number of carboxylic acids is 1. The number of hydrogen-bond acceptors (Lipinski definition) is 4. The van der Waals surface area contributed by atoms with Crippen molar-refractivity contribution in [1.82, 2.24) is 4.90 Å². The predicted octanol–water partition coefficient (Wildman–Crippen LogP) is 5.71. The van der Waals surface area contributed by atoms with Crippen molar-refractivity contribution < 1.29 is 32.5 Å². The zero-order chi connectivity index (χ0) is 22.0. The summed E-state index contributed by atoms with van der Waals surface area (Å²) in [6, 6.07) is 4.03. The molecule has 0 aliphatic carbocycles. The van der Waals surface area contributed by atoms with Gasteiger partial charge in [0.25, 0.3) is 0 Å². The van der Waals surface area contributed by atoms with E-state index in [9.17, 15) is 18.0 Å². The van der Waals surface area contributed by atoms with Crippen LogP contribution < -0.4 is 4.74 Å². The van der Waals surface area contributed by atoms with Crippen molar-refractivity contribution in [3.63, 3.8) is 0 Å². The first kappa shape index (κ1) is 27.5. The van der Waals surface area contributed by atoms with Gasteiger partial charge in [-0.2, -0.15) is 13.2 Å². The molecule has 1 unspecified atom stereocenters. The van der Waals surface area contributed by atoms with E-state index in [2.05, 4.69) is 6.92 Å². The van der Waals surface area contributed by atoms with Crippen LogP contribution in [0, 0.1) is 0 Å². The fraction of sp³-hybridized carbons (Fsp3) is 0.682. The topological polar surface area (TPSA) is 59.0 Å². The largest absolute Gasteiger partial charge is 0.494 e. The van der Waals surface area contributed by atoms with Crippen molar-refractivity contribution in [2.24, 2.45) is 0 Å². The van der Waals surface area contributed by atoms with Gasteiger partial charge in [-0.1, -0.05) is 45.1 Å². The van der Waals surface area contributed by atoms with Crippen LogP contribution in [0.15, 0.2) is 18.2 Å². The first-order valence-corrected chi connectivity index (χ1v) is 10.7. The molecule has 31 heavy (non-hydrogen) atoms. The van der Waals surface area contributed by atoms with E-state index >= 15 is 0 Å². The summed E-state index contributed by atoms with van der Waals surface area (Å²) in [5.41, 5.74) is -0.692. The highest BCUT2D eigenvalue weighted by atomic mass is 35.5. The summed E-state index contributed by atoms with van der Waals surface area (Å²) < 4.78 is 52.2. The number of hydrogen-bond donors (Lipinski definition) is 1. The number of halogens is 4. The molecule has 1 fully saturated rings. The Morgan fingerprint density at radius 3 is 2.61 bits per heavy atom. The van der Waals surface area contributed by atoms with Gasteiger partial charge >= 0.3 is 12.1 Å². The van der Waals surface area contributed by atoms with Gasteiger partial charge < -0.3 is 14.6 Å². The van der Waals surface area contributed by atoms with Gasteiger partial charge in [-0.25, -0.2) is 0 Å². The highest BCUT2D eigenvalue weighted by Crippen LogP contribution is 2.38. The highest BCUT2D eigenvalue weighted by molar-refractivity contribution is 5.85. The van der Waals surface area contributed by atoms with Crippen molar-refractivity contribution in [2.75, 3.05) is 32.8 Å². The zero-order valence-electron chi connectivity index (χ0n) is 18.0. The fourth-order valence-electron chi connectivity index (χ4n) is 3.57. The third-order valence-electron chi connectivity index (χ3n) is 5.24. The van der Waals surface area contributed by atoms with Gasteiger partial charge in [0.15, 0.2) is 0 Å². The van der Waals surface area contributed by atoms with E-state index in [-0.39, 0.29) is 49.8 Å². The molecule has 1 atom stereocenters. The number of morpholine rings is 1. The average Bonchev–Trinajstić information content (AvgIpc) is 2.71. The summed E-state index contributed by atoms with van der Waals surface area (Å²) in [4.78, 5) is 12.6. The average molecular weight is 468 g/mol. The first-order chi connectivity index (χ1) is 14.3. The lowest BCUT2D eigenvalue weighted by atomic mass is 10.00. The molecule has 0 aromatic heterocycles. The van der Waals surface area contributed by atoms with E-state index in [1.807, 2.05) is 4.90 Å². The van der Waals surface area contributed by atoms with Crippen LogP contribution in [0.4, 0.5) is 13.2 Å². The van der Waals surface area contributed by atoms with Crippen LogP contribution in [-0.4, -0.2) is 48.8 Å².